The molecule has 0 fully saturated rings. The molecule has 1 rings (SSSR count). The molecule has 0 radical (unpaired) electrons. The Morgan fingerprint density at radius 3 is 2.50 bits per heavy atom. The highest BCUT2D eigenvalue weighted by molar-refractivity contribution is 7.99. The molecule has 0 spiro atoms. The molecular formula is C10H18N2OS. The van der Waals surface area contributed by atoms with Crippen molar-refractivity contribution in [3.63, 3.8) is 0 Å². The van der Waals surface area contributed by atoms with E-state index < -0.39 is 0 Å². The fourth-order valence-electron chi connectivity index (χ4n) is 1.45. The summed E-state index contributed by atoms with van der Waals surface area (Å²) in [6.45, 7) is 8.55. The van der Waals surface area contributed by atoms with Crippen LogP contribution in [-0.2, 0) is 0 Å². The van der Waals surface area contributed by atoms with Gasteiger partial charge in [0, 0.05) is 11.3 Å². The smallest absolute Gasteiger partial charge is 0.255 e. The van der Waals surface area contributed by atoms with Crippen molar-refractivity contribution >= 4 is 11.8 Å². The zero-order valence-electron chi connectivity index (χ0n) is 9.15. The molecular weight excluding hydrogens is 196 g/mol. The predicted octanol–water partition coefficient (Wildman–Crippen LogP) is 2.53. The van der Waals surface area contributed by atoms with Gasteiger partial charge in [0.05, 0.1) is 6.20 Å². The van der Waals surface area contributed by atoms with E-state index >= 15 is 0 Å². The first-order valence-electron chi connectivity index (χ1n) is 4.73. The Balaban J connectivity index is 2.71. The Bertz CT molecular complexity index is 264. The largest absolute Gasteiger partial charge is 0.440 e. The van der Waals surface area contributed by atoms with Crippen LogP contribution in [0.1, 0.15) is 27.7 Å². The summed E-state index contributed by atoms with van der Waals surface area (Å²) in [7, 11) is 0. The SMILES string of the molecule is CC(N)C(Sc1ncco1)C(C)(C)C. The van der Waals surface area contributed by atoms with Crippen LogP contribution in [0, 0.1) is 5.41 Å². The fraction of sp³-hybridized carbons (Fsp3) is 0.700. The van der Waals surface area contributed by atoms with E-state index in [0.29, 0.717) is 10.5 Å². The molecule has 14 heavy (non-hydrogen) atoms. The van der Waals surface area contributed by atoms with Gasteiger partial charge in [-0.2, -0.15) is 0 Å². The van der Waals surface area contributed by atoms with Crippen molar-refractivity contribution in [2.45, 2.75) is 44.2 Å². The van der Waals surface area contributed by atoms with Crippen LogP contribution in [0.2, 0.25) is 0 Å². The van der Waals surface area contributed by atoms with Crippen molar-refractivity contribution in [2.75, 3.05) is 0 Å². The lowest BCUT2D eigenvalue weighted by molar-refractivity contribution is 0.358. The molecule has 4 heteroatoms. The minimum atomic E-state index is 0.117. The van der Waals surface area contributed by atoms with Crippen molar-refractivity contribution in [1.29, 1.82) is 0 Å². The number of hydrogen-bond acceptors (Lipinski definition) is 4. The summed E-state index contributed by atoms with van der Waals surface area (Å²) in [5, 5.41) is 1.00. The van der Waals surface area contributed by atoms with Gasteiger partial charge in [-0.1, -0.05) is 32.5 Å². The van der Waals surface area contributed by atoms with Gasteiger partial charge in [0.1, 0.15) is 6.26 Å². The van der Waals surface area contributed by atoms with Crippen molar-refractivity contribution in [2.24, 2.45) is 11.1 Å². The minimum absolute atomic E-state index is 0.117. The second-order valence-electron chi connectivity index (χ2n) is 4.56. The third-order valence-corrected chi connectivity index (χ3v) is 3.76. The summed E-state index contributed by atoms with van der Waals surface area (Å²) in [5.74, 6) is 0. The van der Waals surface area contributed by atoms with E-state index in [1.165, 1.54) is 0 Å². The summed E-state index contributed by atoms with van der Waals surface area (Å²) in [6, 6.07) is 0.117. The number of rotatable bonds is 3. The first-order chi connectivity index (χ1) is 6.41. The first-order valence-corrected chi connectivity index (χ1v) is 5.61. The van der Waals surface area contributed by atoms with E-state index in [-0.39, 0.29) is 11.5 Å². The molecule has 2 unspecified atom stereocenters. The van der Waals surface area contributed by atoms with E-state index in [1.807, 2.05) is 6.92 Å². The molecule has 0 bridgehead atoms. The lowest BCUT2D eigenvalue weighted by atomic mass is 9.88. The molecule has 0 aliphatic rings. The van der Waals surface area contributed by atoms with E-state index in [1.54, 1.807) is 24.2 Å². The van der Waals surface area contributed by atoms with Crippen molar-refractivity contribution in [3.05, 3.63) is 12.5 Å². The van der Waals surface area contributed by atoms with Gasteiger partial charge in [-0.15, -0.1) is 0 Å². The Morgan fingerprint density at radius 2 is 2.14 bits per heavy atom. The van der Waals surface area contributed by atoms with Gasteiger partial charge in [-0.25, -0.2) is 4.98 Å². The molecule has 0 aliphatic heterocycles. The number of nitrogens with two attached hydrogens (primary N) is 1. The highest BCUT2D eigenvalue weighted by atomic mass is 32.2. The first kappa shape index (κ1) is 11.6. The predicted molar refractivity (Wildman–Crippen MR) is 59.3 cm³/mol. The monoisotopic (exact) mass is 214 g/mol. The van der Waals surface area contributed by atoms with Crippen LogP contribution in [-0.4, -0.2) is 16.3 Å². The number of nitrogens with zero attached hydrogens (tertiary/aromatic N) is 1. The topological polar surface area (TPSA) is 52.0 Å². The minimum Gasteiger partial charge on any atom is -0.440 e. The third-order valence-electron chi connectivity index (χ3n) is 1.97. The van der Waals surface area contributed by atoms with E-state index in [9.17, 15) is 0 Å². The van der Waals surface area contributed by atoms with Crippen LogP contribution in [0.25, 0.3) is 0 Å². The molecule has 1 aromatic rings. The molecule has 80 valence electrons. The van der Waals surface area contributed by atoms with Crippen LogP contribution in [0.4, 0.5) is 0 Å². The molecule has 1 aromatic heterocycles. The molecule has 0 aromatic carbocycles. The Morgan fingerprint density at radius 1 is 1.50 bits per heavy atom. The lowest BCUT2D eigenvalue weighted by Gasteiger charge is -2.31. The quantitative estimate of drug-likeness (QED) is 0.786. The van der Waals surface area contributed by atoms with Gasteiger partial charge >= 0.3 is 0 Å². The number of thioether (sulfide) groups is 1. The standard InChI is InChI=1S/C10H18N2OS/c1-7(11)8(10(2,3)4)14-9-12-5-6-13-9/h5-8H,11H2,1-4H3. The molecule has 3 nitrogen and oxygen atoms in total. The average molecular weight is 214 g/mol. The van der Waals surface area contributed by atoms with Gasteiger partial charge in [0.2, 0.25) is 0 Å². The molecule has 0 saturated heterocycles. The maximum Gasteiger partial charge on any atom is 0.255 e. The Kier molecular flexibility index (Phi) is 3.61. The zero-order valence-corrected chi connectivity index (χ0v) is 9.97. The van der Waals surface area contributed by atoms with Crippen LogP contribution in [0.5, 0.6) is 0 Å². The molecule has 0 aliphatic carbocycles. The number of aromatic nitrogens is 1. The summed E-state index contributed by atoms with van der Waals surface area (Å²) in [6.07, 6.45) is 3.24. The molecule has 2 atom stereocenters. The van der Waals surface area contributed by atoms with Gasteiger partial charge < -0.3 is 10.2 Å². The fourth-order valence-corrected chi connectivity index (χ4v) is 2.47. The number of oxazole rings is 1. The summed E-state index contributed by atoms with van der Waals surface area (Å²) >= 11 is 1.61. The second kappa shape index (κ2) is 4.36. The van der Waals surface area contributed by atoms with Crippen LogP contribution in [0.3, 0.4) is 0 Å². The molecule has 1 heterocycles. The maximum absolute atomic E-state index is 5.95. The van der Waals surface area contributed by atoms with Gasteiger partial charge in [-0.05, 0) is 12.3 Å². The van der Waals surface area contributed by atoms with Crippen LogP contribution >= 0.6 is 11.8 Å². The van der Waals surface area contributed by atoms with Gasteiger partial charge in [-0.3, -0.25) is 0 Å². The van der Waals surface area contributed by atoms with Crippen LogP contribution in [0.15, 0.2) is 22.1 Å². The van der Waals surface area contributed by atoms with E-state index in [0.717, 1.165) is 0 Å². The Hall–Kier alpha value is -0.480. The van der Waals surface area contributed by atoms with Gasteiger partial charge in [0.25, 0.3) is 5.22 Å². The second-order valence-corrected chi connectivity index (χ2v) is 5.65. The Labute approximate surface area is 89.5 Å². The number of hydrogen-bond donors (Lipinski definition) is 1. The zero-order chi connectivity index (χ0) is 10.8. The highest BCUT2D eigenvalue weighted by Gasteiger charge is 2.30. The van der Waals surface area contributed by atoms with Crippen molar-refractivity contribution < 1.29 is 4.42 Å². The van der Waals surface area contributed by atoms with Crippen LogP contribution < -0.4 is 5.73 Å². The molecule has 0 amide bonds. The maximum atomic E-state index is 5.95. The average Bonchev–Trinajstić information content (AvgIpc) is 2.48. The third kappa shape index (κ3) is 3.03. The normalized spacial score (nSPS) is 16.6. The highest BCUT2D eigenvalue weighted by Crippen LogP contribution is 2.35. The van der Waals surface area contributed by atoms with E-state index in [2.05, 4.69) is 25.8 Å². The molecule has 0 saturated carbocycles. The summed E-state index contributed by atoms with van der Waals surface area (Å²) in [4.78, 5) is 4.09. The summed E-state index contributed by atoms with van der Waals surface area (Å²) in [5.41, 5.74) is 6.10. The van der Waals surface area contributed by atoms with Crippen molar-refractivity contribution in [1.82, 2.24) is 4.98 Å². The van der Waals surface area contributed by atoms with Gasteiger partial charge in [0.15, 0.2) is 0 Å². The van der Waals surface area contributed by atoms with Crippen molar-refractivity contribution in [3.8, 4) is 0 Å². The van der Waals surface area contributed by atoms with E-state index in [4.69, 9.17) is 10.2 Å². The summed E-state index contributed by atoms with van der Waals surface area (Å²) < 4.78 is 5.21. The lowest BCUT2D eigenvalue weighted by Crippen LogP contribution is -2.38. The molecule has 2 N–H and O–H groups in total.